The fraction of sp³-hybridized carbons (Fsp3) is 0.0357. The van der Waals surface area contributed by atoms with Gasteiger partial charge in [0.25, 0.3) is 0 Å². The molecule has 0 aliphatic carbocycles. The summed E-state index contributed by atoms with van der Waals surface area (Å²) in [5.74, 6) is -3.40. The van der Waals surface area contributed by atoms with Crippen LogP contribution in [-0.4, -0.2) is 15.4 Å². The molecule has 4 aromatic carbocycles. The molecular weight excluding hydrogens is 459 g/mol. The minimum atomic E-state index is -3.40. The molecular formula is C28H22ClN4P. The molecule has 0 saturated heterocycles. The first-order valence-electron chi connectivity index (χ1n) is 10.9. The van der Waals surface area contributed by atoms with Gasteiger partial charge in [0.05, 0.1) is 0 Å². The second-order valence-electron chi connectivity index (χ2n) is 8.18. The molecule has 5 rings (SSSR count). The number of nitrogens with zero attached hydrogens (tertiary/aromatic N) is 3. The van der Waals surface area contributed by atoms with E-state index in [2.05, 4.69) is 106 Å². The van der Waals surface area contributed by atoms with Crippen LogP contribution in [0.2, 0.25) is 0 Å². The van der Waals surface area contributed by atoms with Crippen LogP contribution >= 0.6 is 17.2 Å². The average molecular weight is 481 g/mol. The molecule has 166 valence electrons. The topological polar surface area (TPSA) is 65.4 Å². The molecule has 0 fully saturated rings. The van der Waals surface area contributed by atoms with Gasteiger partial charge in [-0.3, -0.25) is 0 Å². The van der Waals surface area contributed by atoms with Crippen LogP contribution in [0.4, 0.5) is 0 Å². The molecule has 0 radical (unpaired) electrons. The molecule has 0 atom stereocenters. The Labute approximate surface area is 203 Å². The van der Waals surface area contributed by atoms with E-state index in [0.717, 1.165) is 27.0 Å². The van der Waals surface area contributed by atoms with Gasteiger partial charge in [-0.25, -0.2) is 0 Å². The number of aromatic amines is 1. The molecule has 0 aliphatic rings. The van der Waals surface area contributed by atoms with Crippen LogP contribution < -0.4 is 15.9 Å². The molecule has 0 spiro atoms. The summed E-state index contributed by atoms with van der Waals surface area (Å²) in [5, 5.41) is 23.3. The van der Waals surface area contributed by atoms with Crippen molar-refractivity contribution in [2.75, 3.05) is 0 Å². The Morgan fingerprint density at radius 1 is 0.676 bits per heavy atom. The van der Waals surface area contributed by atoms with Gasteiger partial charge in [-0.05, 0) is 0 Å². The van der Waals surface area contributed by atoms with Crippen molar-refractivity contribution in [2.24, 2.45) is 0 Å². The number of rotatable bonds is 6. The van der Waals surface area contributed by atoms with Crippen molar-refractivity contribution in [3.8, 4) is 17.3 Å². The van der Waals surface area contributed by atoms with E-state index in [-0.39, 0.29) is 5.69 Å². The van der Waals surface area contributed by atoms with E-state index in [1.165, 1.54) is 0 Å². The minimum absolute atomic E-state index is 0.280. The molecule has 1 heterocycles. The number of H-pyrrole nitrogens is 1. The number of benzene rings is 4. The Bertz CT molecular complexity index is 1340. The van der Waals surface area contributed by atoms with Crippen LogP contribution in [0.3, 0.4) is 0 Å². The van der Waals surface area contributed by atoms with Crippen LogP contribution in [0.25, 0.3) is 11.3 Å². The van der Waals surface area contributed by atoms with E-state index in [1.54, 1.807) is 0 Å². The predicted molar refractivity (Wildman–Crippen MR) is 141 cm³/mol. The Kier molecular flexibility index (Phi) is 5.75. The standard InChI is InChI=1S/C28H22ClN4P/c29-34(24-10-4-1-5-11-24,25-12-6-2-7-13-25,26-14-8-3-9-15-26)21-22-16-18-23(19-17-22)28-27(20-30)31-33-32-28/h1-19H,21H2,(H,31,32,33). The predicted octanol–water partition coefficient (Wildman–Crippen LogP) is 5.53. The van der Waals surface area contributed by atoms with E-state index in [1.807, 2.05) is 30.3 Å². The van der Waals surface area contributed by atoms with Crippen molar-refractivity contribution in [3.63, 3.8) is 0 Å². The van der Waals surface area contributed by atoms with Gasteiger partial charge in [-0.2, -0.15) is 0 Å². The maximum atomic E-state index is 9.30. The van der Waals surface area contributed by atoms with Gasteiger partial charge in [0.15, 0.2) is 0 Å². The second-order valence-corrected chi connectivity index (χ2v) is 14.6. The fourth-order valence-electron chi connectivity index (χ4n) is 4.56. The number of nitriles is 1. The normalized spacial score (nSPS) is 12.4. The van der Waals surface area contributed by atoms with E-state index in [9.17, 15) is 5.26 Å². The number of hydrogen-bond donors (Lipinski definition) is 1. The summed E-state index contributed by atoms with van der Waals surface area (Å²) >= 11 is 8.16. The van der Waals surface area contributed by atoms with Crippen molar-refractivity contribution >= 4 is 33.1 Å². The fourth-order valence-corrected chi connectivity index (χ4v) is 10.7. The Balaban J connectivity index is 1.71. The summed E-state index contributed by atoms with van der Waals surface area (Å²) in [5.41, 5.74) is 2.77. The van der Waals surface area contributed by atoms with E-state index in [0.29, 0.717) is 11.9 Å². The van der Waals surface area contributed by atoms with Gasteiger partial charge in [-0.15, -0.1) is 0 Å². The summed E-state index contributed by atoms with van der Waals surface area (Å²) in [6.07, 6.45) is 0.648. The zero-order valence-corrected chi connectivity index (χ0v) is 20.0. The third-order valence-electron chi connectivity index (χ3n) is 6.24. The zero-order chi connectivity index (χ0) is 23.5. The molecule has 5 aromatic rings. The van der Waals surface area contributed by atoms with Gasteiger partial charge in [0.1, 0.15) is 0 Å². The van der Waals surface area contributed by atoms with Crippen LogP contribution in [0, 0.1) is 11.3 Å². The van der Waals surface area contributed by atoms with Crippen molar-refractivity contribution < 1.29 is 0 Å². The summed E-state index contributed by atoms with van der Waals surface area (Å²) in [4.78, 5) is 0. The molecule has 6 heteroatoms. The molecule has 1 N–H and O–H groups in total. The molecule has 0 saturated carbocycles. The number of aromatic nitrogens is 3. The Morgan fingerprint density at radius 3 is 1.59 bits per heavy atom. The van der Waals surface area contributed by atoms with Gasteiger partial charge >= 0.3 is 204 Å². The molecule has 0 unspecified atom stereocenters. The molecule has 0 bridgehead atoms. The monoisotopic (exact) mass is 480 g/mol. The van der Waals surface area contributed by atoms with Crippen molar-refractivity contribution in [1.29, 1.82) is 5.26 Å². The van der Waals surface area contributed by atoms with Crippen molar-refractivity contribution in [2.45, 2.75) is 6.16 Å². The summed E-state index contributed by atoms with van der Waals surface area (Å²) in [6.45, 7) is 0. The summed E-state index contributed by atoms with van der Waals surface area (Å²) < 4.78 is 0. The Morgan fingerprint density at radius 2 is 1.15 bits per heavy atom. The zero-order valence-electron chi connectivity index (χ0n) is 18.3. The molecule has 0 amide bonds. The third-order valence-corrected chi connectivity index (χ3v) is 13.4. The number of hydrogen-bond acceptors (Lipinski definition) is 3. The first-order chi connectivity index (χ1) is 16.6. The molecule has 0 aliphatic heterocycles. The van der Waals surface area contributed by atoms with E-state index < -0.39 is 5.96 Å². The average Bonchev–Trinajstić information content (AvgIpc) is 3.40. The van der Waals surface area contributed by atoms with Crippen LogP contribution in [-0.2, 0) is 6.16 Å². The quantitative estimate of drug-likeness (QED) is 0.325. The molecule has 4 nitrogen and oxygen atoms in total. The molecule has 1 aromatic heterocycles. The summed E-state index contributed by atoms with van der Waals surface area (Å²) in [7, 11) is 0. The van der Waals surface area contributed by atoms with Crippen LogP contribution in [0.15, 0.2) is 115 Å². The second kappa shape index (κ2) is 8.88. The first-order valence-corrected chi connectivity index (χ1v) is 14.3. The third kappa shape index (κ3) is 3.60. The van der Waals surface area contributed by atoms with Gasteiger partial charge in [0, 0.05) is 0 Å². The van der Waals surface area contributed by atoms with Crippen LogP contribution in [0.1, 0.15) is 11.3 Å². The van der Waals surface area contributed by atoms with Gasteiger partial charge in [0.2, 0.25) is 0 Å². The van der Waals surface area contributed by atoms with Crippen molar-refractivity contribution in [3.05, 3.63) is 127 Å². The van der Waals surface area contributed by atoms with E-state index in [4.69, 9.17) is 11.2 Å². The Hall–Kier alpha value is -3.77. The molecule has 34 heavy (non-hydrogen) atoms. The number of halogens is 1. The number of nitrogens with one attached hydrogen (secondary N) is 1. The van der Waals surface area contributed by atoms with Gasteiger partial charge in [-0.1, -0.05) is 0 Å². The summed E-state index contributed by atoms with van der Waals surface area (Å²) in [6, 6.07) is 41.5. The van der Waals surface area contributed by atoms with Crippen LogP contribution in [0.5, 0.6) is 0 Å². The first kappa shape index (κ1) is 22.0. The SMILES string of the molecule is N#Cc1n[nH]nc1-c1ccc(CP(Cl)(c2ccccc2)(c2ccccc2)c2ccccc2)cc1. The van der Waals surface area contributed by atoms with Gasteiger partial charge < -0.3 is 0 Å². The van der Waals surface area contributed by atoms with E-state index >= 15 is 0 Å². The maximum absolute atomic E-state index is 9.30. The van der Waals surface area contributed by atoms with Crippen molar-refractivity contribution in [1.82, 2.24) is 15.4 Å².